The van der Waals surface area contributed by atoms with E-state index in [1.165, 1.54) is 24.3 Å². The number of hydrogen-bond acceptors (Lipinski definition) is 6. The molecule has 0 aromatic heterocycles. The molecular formula is C24H34O12. The highest BCUT2D eigenvalue weighted by atomic mass is 16.4. The summed E-state index contributed by atoms with van der Waals surface area (Å²) in [5.41, 5.74) is -0.380. The molecule has 1 aromatic carbocycles. The standard InChI is InChI=1S/C10H18O4.C8H6O4.C6H10O4/c11-9(12)7-5-3-1-2-4-6-8-10(13)14;9-7(10)5-3-1-2-4-6(5)8(11)12;7-5(8)3-1-2-4-6(9)10/h1-8H2,(H,11,12)(H,13,14);1-4H,(H,9,10)(H,11,12);1-4H2,(H,7,8)(H,9,10). The van der Waals surface area contributed by atoms with Crippen molar-refractivity contribution in [2.24, 2.45) is 0 Å². The Hall–Kier alpha value is -3.96. The van der Waals surface area contributed by atoms with Gasteiger partial charge in [0, 0.05) is 25.7 Å². The lowest BCUT2D eigenvalue weighted by atomic mass is 10.1. The number of aromatic carboxylic acids is 2. The fourth-order valence-electron chi connectivity index (χ4n) is 2.67. The van der Waals surface area contributed by atoms with Gasteiger partial charge >= 0.3 is 35.8 Å². The topological polar surface area (TPSA) is 224 Å². The summed E-state index contributed by atoms with van der Waals surface area (Å²) in [6.45, 7) is 0. The molecule has 0 saturated carbocycles. The highest BCUT2D eigenvalue weighted by Gasteiger charge is 2.13. The predicted octanol–water partition coefficient (Wildman–Crippen LogP) is 4.08. The number of carbonyl (C=O) groups is 6. The lowest BCUT2D eigenvalue weighted by molar-refractivity contribution is -0.139. The molecule has 1 aromatic rings. The van der Waals surface area contributed by atoms with Crippen LogP contribution in [0, 0.1) is 0 Å². The van der Waals surface area contributed by atoms with Crippen LogP contribution in [0.5, 0.6) is 0 Å². The van der Waals surface area contributed by atoms with Gasteiger partial charge in [0.15, 0.2) is 0 Å². The third-order valence-corrected chi connectivity index (χ3v) is 4.45. The molecular weight excluding hydrogens is 480 g/mol. The highest BCUT2D eigenvalue weighted by molar-refractivity contribution is 6.01. The van der Waals surface area contributed by atoms with Crippen LogP contribution in [0.4, 0.5) is 0 Å². The molecule has 0 bridgehead atoms. The minimum absolute atomic E-state index is 0.0628. The van der Waals surface area contributed by atoms with Gasteiger partial charge in [-0.25, -0.2) is 9.59 Å². The van der Waals surface area contributed by atoms with E-state index < -0.39 is 35.8 Å². The number of benzene rings is 1. The van der Waals surface area contributed by atoms with Crippen LogP contribution in [-0.4, -0.2) is 66.5 Å². The minimum Gasteiger partial charge on any atom is -0.481 e. The van der Waals surface area contributed by atoms with Crippen molar-refractivity contribution in [2.45, 2.75) is 77.0 Å². The van der Waals surface area contributed by atoms with Crippen molar-refractivity contribution < 1.29 is 59.4 Å². The Balaban J connectivity index is 0. The van der Waals surface area contributed by atoms with Gasteiger partial charge in [-0.1, -0.05) is 37.8 Å². The molecule has 1 rings (SSSR count). The van der Waals surface area contributed by atoms with E-state index in [2.05, 4.69) is 0 Å². The van der Waals surface area contributed by atoms with E-state index >= 15 is 0 Å². The first-order valence-electron chi connectivity index (χ1n) is 11.3. The summed E-state index contributed by atoms with van der Waals surface area (Å²) < 4.78 is 0. The maximum absolute atomic E-state index is 10.5. The first-order valence-corrected chi connectivity index (χ1v) is 11.3. The summed E-state index contributed by atoms with van der Waals surface area (Å²) in [6.07, 6.45) is 6.84. The van der Waals surface area contributed by atoms with Crippen molar-refractivity contribution >= 4 is 35.8 Å². The normalized spacial score (nSPS) is 9.56. The molecule has 12 heteroatoms. The Bertz CT molecular complexity index is 778. The molecule has 0 spiro atoms. The fourth-order valence-corrected chi connectivity index (χ4v) is 2.67. The van der Waals surface area contributed by atoms with E-state index in [9.17, 15) is 28.8 Å². The van der Waals surface area contributed by atoms with Crippen molar-refractivity contribution in [1.82, 2.24) is 0 Å². The molecule has 0 aliphatic carbocycles. The van der Waals surface area contributed by atoms with Gasteiger partial charge in [0.2, 0.25) is 0 Å². The molecule has 6 N–H and O–H groups in total. The Morgan fingerprint density at radius 3 is 0.861 bits per heavy atom. The minimum atomic E-state index is -1.23. The van der Waals surface area contributed by atoms with Gasteiger partial charge in [0.25, 0.3) is 0 Å². The Kier molecular flexibility index (Phi) is 20.5. The molecule has 0 saturated heterocycles. The monoisotopic (exact) mass is 514 g/mol. The first-order chi connectivity index (χ1) is 16.9. The average molecular weight is 515 g/mol. The third-order valence-electron chi connectivity index (χ3n) is 4.45. The van der Waals surface area contributed by atoms with Gasteiger partial charge < -0.3 is 30.6 Å². The zero-order valence-electron chi connectivity index (χ0n) is 19.9. The number of unbranched alkanes of at least 4 members (excludes halogenated alkanes) is 6. The lowest BCUT2D eigenvalue weighted by Crippen LogP contribution is -2.06. The molecule has 0 atom stereocenters. The van der Waals surface area contributed by atoms with Gasteiger partial charge in [0.05, 0.1) is 11.1 Å². The van der Waals surface area contributed by atoms with E-state index in [4.69, 9.17) is 30.6 Å². The second kappa shape index (κ2) is 21.6. The SMILES string of the molecule is O=C(O)CCCCC(=O)O.O=C(O)CCCCCCCCC(=O)O.O=C(O)c1ccccc1C(=O)O. The van der Waals surface area contributed by atoms with E-state index in [0.29, 0.717) is 12.8 Å². The number of carboxylic acids is 6. The van der Waals surface area contributed by atoms with Crippen molar-refractivity contribution in [3.63, 3.8) is 0 Å². The maximum Gasteiger partial charge on any atom is 0.336 e. The molecule has 12 nitrogen and oxygen atoms in total. The zero-order valence-corrected chi connectivity index (χ0v) is 19.9. The Morgan fingerprint density at radius 1 is 0.417 bits per heavy atom. The number of rotatable bonds is 16. The molecule has 36 heavy (non-hydrogen) atoms. The number of hydrogen-bond donors (Lipinski definition) is 6. The largest absolute Gasteiger partial charge is 0.481 e. The Morgan fingerprint density at radius 2 is 0.639 bits per heavy atom. The van der Waals surface area contributed by atoms with Crippen molar-refractivity contribution in [1.29, 1.82) is 0 Å². The van der Waals surface area contributed by atoms with Gasteiger partial charge in [-0.05, 0) is 37.8 Å². The maximum atomic E-state index is 10.5. The number of carboxylic acid groups (broad SMARTS) is 6. The first kappa shape index (κ1) is 34.2. The molecule has 0 unspecified atom stereocenters. The summed E-state index contributed by atoms with van der Waals surface area (Å²) in [5.74, 6) is -5.68. The molecule has 0 aliphatic rings. The average Bonchev–Trinajstić information content (AvgIpc) is 2.78. The molecule has 202 valence electrons. The predicted molar refractivity (Wildman–Crippen MR) is 126 cm³/mol. The van der Waals surface area contributed by atoms with Gasteiger partial charge in [-0.2, -0.15) is 0 Å². The van der Waals surface area contributed by atoms with Crippen LogP contribution in [0.1, 0.15) is 97.8 Å². The highest BCUT2D eigenvalue weighted by Crippen LogP contribution is 2.09. The smallest absolute Gasteiger partial charge is 0.336 e. The van der Waals surface area contributed by atoms with Crippen molar-refractivity contribution in [3.8, 4) is 0 Å². The van der Waals surface area contributed by atoms with E-state index in [0.717, 1.165) is 38.5 Å². The summed E-state index contributed by atoms with van der Waals surface area (Å²) in [7, 11) is 0. The summed E-state index contributed by atoms with van der Waals surface area (Å²) in [6, 6.07) is 5.48. The van der Waals surface area contributed by atoms with Crippen molar-refractivity contribution in [2.75, 3.05) is 0 Å². The molecule has 0 fully saturated rings. The van der Waals surface area contributed by atoms with Crippen LogP contribution in [-0.2, 0) is 19.2 Å². The lowest BCUT2D eigenvalue weighted by Gasteiger charge is -1.98. The summed E-state index contributed by atoms with van der Waals surface area (Å²) >= 11 is 0. The van der Waals surface area contributed by atoms with E-state index in [1.807, 2.05) is 0 Å². The van der Waals surface area contributed by atoms with E-state index in [1.54, 1.807) is 0 Å². The third kappa shape index (κ3) is 23.2. The van der Waals surface area contributed by atoms with Gasteiger partial charge in [-0.3, -0.25) is 19.2 Å². The fraction of sp³-hybridized carbons (Fsp3) is 0.500. The second-order valence-electron chi connectivity index (χ2n) is 7.56. The molecule has 0 amide bonds. The second-order valence-corrected chi connectivity index (χ2v) is 7.56. The van der Waals surface area contributed by atoms with Gasteiger partial charge in [-0.15, -0.1) is 0 Å². The van der Waals surface area contributed by atoms with Crippen LogP contribution in [0.25, 0.3) is 0 Å². The van der Waals surface area contributed by atoms with Crippen LogP contribution in [0.15, 0.2) is 24.3 Å². The van der Waals surface area contributed by atoms with Gasteiger partial charge in [0.1, 0.15) is 0 Å². The summed E-state index contributed by atoms with van der Waals surface area (Å²) in [5, 5.41) is 50.1. The van der Waals surface area contributed by atoms with Crippen LogP contribution in [0.2, 0.25) is 0 Å². The van der Waals surface area contributed by atoms with Crippen LogP contribution in [0.3, 0.4) is 0 Å². The summed E-state index contributed by atoms with van der Waals surface area (Å²) in [4.78, 5) is 61.0. The van der Waals surface area contributed by atoms with Crippen molar-refractivity contribution in [3.05, 3.63) is 35.4 Å². The zero-order chi connectivity index (χ0) is 27.9. The Labute approximate surface area is 208 Å². The molecule has 0 radical (unpaired) electrons. The molecule has 0 aliphatic heterocycles. The quantitative estimate of drug-likeness (QED) is 0.172. The van der Waals surface area contributed by atoms with Crippen LogP contribution < -0.4 is 0 Å². The number of aliphatic carboxylic acids is 4. The molecule has 0 heterocycles. The van der Waals surface area contributed by atoms with E-state index in [-0.39, 0.29) is 36.8 Å². The van der Waals surface area contributed by atoms with Crippen LogP contribution >= 0.6 is 0 Å².